The van der Waals surface area contributed by atoms with Gasteiger partial charge in [-0.1, -0.05) is 92.8 Å². The topological polar surface area (TPSA) is 61.1 Å². The molecule has 1 N–H and O–H groups in total. The van der Waals surface area contributed by atoms with Crippen LogP contribution < -0.4 is 10.4 Å². The van der Waals surface area contributed by atoms with Gasteiger partial charge >= 0.3 is 7.57 Å². The molecule has 5 nitrogen and oxygen atoms in total. The summed E-state index contributed by atoms with van der Waals surface area (Å²) in [5, 5.41) is 4.17. The molecule has 3 aromatic rings. The van der Waals surface area contributed by atoms with Gasteiger partial charge in [0.05, 0.1) is 19.8 Å². The summed E-state index contributed by atoms with van der Waals surface area (Å²) in [5.41, 5.74) is 0. The minimum absolute atomic E-state index is 0.126. The SMILES string of the molecule is CCOP(O)(OCC)=c1oc(CO[Si](c2ccccc2)(c2ccccc2)C(C)(C)C)cs1. The maximum atomic E-state index is 10.9. The van der Waals surface area contributed by atoms with Gasteiger partial charge in [-0.2, -0.15) is 0 Å². The molecule has 8 heteroatoms. The molecule has 174 valence electrons. The minimum Gasteiger partial charge on any atom is -0.441 e. The fourth-order valence-corrected chi connectivity index (χ4v) is 11.1. The number of rotatable bonds is 9. The van der Waals surface area contributed by atoms with Crippen LogP contribution in [0.5, 0.6) is 0 Å². The molecule has 0 aliphatic heterocycles. The lowest BCUT2D eigenvalue weighted by Crippen LogP contribution is -2.66. The van der Waals surface area contributed by atoms with Gasteiger partial charge < -0.3 is 22.8 Å². The van der Waals surface area contributed by atoms with Crippen LogP contribution in [-0.2, 0) is 20.1 Å². The Kier molecular flexibility index (Phi) is 8.39. The van der Waals surface area contributed by atoms with Crippen molar-refractivity contribution in [3.63, 3.8) is 0 Å². The zero-order chi connectivity index (χ0) is 23.2. The highest BCUT2D eigenvalue weighted by Gasteiger charge is 2.50. The Bertz CT molecular complexity index is 1020. The first-order valence-corrected chi connectivity index (χ1v) is 15.2. The molecule has 2 aromatic carbocycles. The smallest absolute Gasteiger partial charge is 0.309 e. The van der Waals surface area contributed by atoms with Gasteiger partial charge in [-0.25, -0.2) is 0 Å². The molecule has 0 spiro atoms. The fraction of sp³-hybridized carbons (Fsp3) is 0.375. The summed E-state index contributed by atoms with van der Waals surface area (Å²) in [5.74, 6) is 0.649. The molecule has 0 saturated carbocycles. The van der Waals surface area contributed by atoms with Gasteiger partial charge in [0.1, 0.15) is 5.76 Å². The summed E-state index contributed by atoms with van der Waals surface area (Å²) in [6.07, 6.45) is 0. The predicted octanol–water partition coefficient (Wildman–Crippen LogP) is 5.78. The van der Waals surface area contributed by atoms with E-state index in [1.165, 1.54) is 21.7 Å². The first kappa shape index (κ1) is 25.2. The second-order valence-corrected chi connectivity index (χ2v) is 15.8. The Morgan fingerprint density at radius 3 is 1.84 bits per heavy atom. The Morgan fingerprint density at radius 1 is 0.906 bits per heavy atom. The van der Waals surface area contributed by atoms with E-state index in [-0.39, 0.29) is 5.04 Å². The van der Waals surface area contributed by atoms with Crippen LogP contribution in [0.25, 0.3) is 0 Å². The lowest BCUT2D eigenvalue weighted by Gasteiger charge is -2.42. The molecular weight excluding hydrogens is 459 g/mol. The fourth-order valence-electron chi connectivity index (χ4n) is 3.90. The van der Waals surface area contributed by atoms with E-state index in [4.69, 9.17) is 17.9 Å². The van der Waals surface area contributed by atoms with Crippen molar-refractivity contribution < 1.29 is 22.8 Å². The van der Waals surface area contributed by atoms with Crippen LogP contribution in [0, 0.1) is 4.45 Å². The van der Waals surface area contributed by atoms with Gasteiger partial charge in [-0.05, 0) is 29.3 Å². The highest BCUT2D eigenvalue weighted by molar-refractivity contribution is 7.55. The maximum absolute atomic E-state index is 10.9. The van der Waals surface area contributed by atoms with E-state index >= 15 is 0 Å². The highest BCUT2D eigenvalue weighted by Crippen LogP contribution is 2.50. The summed E-state index contributed by atoms with van der Waals surface area (Å²) in [6, 6.07) is 21.0. The van der Waals surface area contributed by atoms with Gasteiger partial charge in [-0.3, -0.25) is 0 Å². The molecule has 0 fully saturated rings. The molecular formula is C24H33O5PSSi. The summed E-state index contributed by atoms with van der Waals surface area (Å²) in [4.78, 5) is 10.9. The quantitative estimate of drug-likeness (QED) is 0.303. The molecule has 0 bridgehead atoms. The van der Waals surface area contributed by atoms with Crippen molar-refractivity contribution in [3.8, 4) is 0 Å². The standard InChI is InChI=1S/C24H33O5PSSi/c1-6-26-30(25,27-7-2)23-29-20(19-31-23)18-28-32(24(3,4)5,21-14-10-8-11-15-21)22-16-12-9-13-17-22/h8-17,19,25H,6-7,18H2,1-5H3. The van der Waals surface area contributed by atoms with Crippen molar-refractivity contribution in [2.24, 2.45) is 0 Å². The van der Waals surface area contributed by atoms with Gasteiger partial charge in [0.2, 0.25) is 0 Å². The van der Waals surface area contributed by atoms with Crippen LogP contribution in [0.3, 0.4) is 0 Å². The third-order valence-electron chi connectivity index (χ3n) is 5.20. The monoisotopic (exact) mass is 492 g/mol. The molecule has 0 saturated heterocycles. The number of benzene rings is 2. The lowest BCUT2D eigenvalue weighted by atomic mass is 10.2. The van der Waals surface area contributed by atoms with Gasteiger partial charge in [0.15, 0.2) is 0 Å². The zero-order valence-corrected chi connectivity index (χ0v) is 22.1. The van der Waals surface area contributed by atoms with Crippen LogP contribution in [0.4, 0.5) is 0 Å². The van der Waals surface area contributed by atoms with Gasteiger partial charge in [-0.15, -0.1) is 0 Å². The van der Waals surface area contributed by atoms with E-state index in [2.05, 4.69) is 69.3 Å². The van der Waals surface area contributed by atoms with Gasteiger partial charge in [0.25, 0.3) is 12.8 Å². The highest BCUT2D eigenvalue weighted by atomic mass is 32.1. The molecule has 0 unspecified atom stereocenters. The van der Waals surface area contributed by atoms with E-state index in [0.29, 0.717) is 30.0 Å². The Hall–Kier alpha value is -1.44. The van der Waals surface area contributed by atoms with Gasteiger partial charge in [0, 0.05) is 5.38 Å². The molecule has 0 amide bonds. The second kappa shape index (κ2) is 10.7. The third kappa shape index (κ3) is 5.20. The molecule has 0 aliphatic rings. The first-order valence-electron chi connectivity index (χ1n) is 10.8. The Morgan fingerprint density at radius 2 is 1.41 bits per heavy atom. The maximum Gasteiger partial charge on any atom is 0.309 e. The van der Waals surface area contributed by atoms with Crippen molar-refractivity contribution in [2.75, 3.05) is 13.2 Å². The summed E-state index contributed by atoms with van der Waals surface area (Å²) in [6.45, 7) is 11.3. The van der Waals surface area contributed by atoms with Crippen molar-refractivity contribution in [1.82, 2.24) is 0 Å². The largest absolute Gasteiger partial charge is 0.441 e. The molecule has 32 heavy (non-hydrogen) atoms. The van der Waals surface area contributed by atoms with E-state index in [1.807, 2.05) is 31.4 Å². The van der Waals surface area contributed by atoms with E-state index in [9.17, 15) is 4.89 Å². The average Bonchev–Trinajstić information content (AvgIpc) is 3.25. The first-order chi connectivity index (χ1) is 15.3. The minimum atomic E-state index is -3.21. The van der Waals surface area contributed by atoms with Crippen molar-refractivity contribution in [3.05, 3.63) is 76.3 Å². The molecule has 1 aromatic heterocycles. The van der Waals surface area contributed by atoms with Crippen LogP contribution >= 0.6 is 18.9 Å². The summed E-state index contributed by atoms with van der Waals surface area (Å²) in [7, 11) is -5.88. The van der Waals surface area contributed by atoms with Crippen molar-refractivity contribution in [1.29, 1.82) is 0 Å². The van der Waals surface area contributed by atoms with Crippen LogP contribution in [0.2, 0.25) is 5.04 Å². The average molecular weight is 493 g/mol. The summed E-state index contributed by atoms with van der Waals surface area (Å²) < 4.78 is 24.3. The third-order valence-corrected chi connectivity index (χ3v) is 13.6. The molecule has 3 rings (SSSR count). The molecule has 0 aliphatic carbocycles. The Balaban J connectivity index is 2.06. The van der Waals surface area contributed by atoms with E-state index < -0.39 is 15.9 Å². The molecule has 0 radical (unpaired) electrons. The molecule has 1 heterocycles. The van der Waals surface area contributed by atoms with E-state index in [0.717, 1.165) is 0 Å². The summed E-state index contributed by atoms with van der Waals surface area (Å²) >= 11 is 1.30. The Labute approximate surface area is 196 Å². The van der Waals surface area contributed by atoms with Crippen LogP contribution in [0.15, 0.2) is 70.5 Å². The van der Waals surface area contributed by atoms with E-state index in [1.54, 1.807) is 0 Å². The lowest BCUT2D eigenvalue weighted by molar-refractivity contribution is 0.200. The number of hydrogen-bond acceptors (Lipinski definition) is 6. The molecule has 0 atom stereocenters. The van der Waals surface area contributed by atoms with Crippen LogP contribution in [0.1, 0.15) is 40.4 Å². The second-order valence-electron chi connectivity index (χ2n) is 8.38. The van der Waals surface area contributed by atoms with Crippen LogP contribution in [-0.4, -0.2) is 26.4 Å². The zero-order valence-electron chi connectivity index (χ0n) is 19.4. The normalized spacial score (nSPS) is 12.8. The predicted molar refractivity (Wildman–Crippen MR) is 135 cm³/mol. The number of hydrogen-bond donors (Lipinski definition) is 1. The van der Waals surface area contributed by atoms with Crippen molar-refractivity contribution >= 4 is 37.6 Å². The van der Waals surface area contributed by atoms with Crippen molar-refractivity contribution in [2.45, 2.75) is 46.3 Å².